The third kappa shape index (κ3) is 2.48. The molecule has 4 heteroatoms. The molecule has 0 fully saturated rings. The number of aromatic nitrogens is 2. The van der Waals surface area contributed by atoms with E-state index in [-0.39, 0.29) is 0 Å². The molecule has 1 aromatic heterocycles. The molecule has 0 saturated carbocycles. The van der Waals surface area contributed by atoms with Crippen LogP contribution < -0.4 is 0 Å². The Balaban J connectivity index is 2.33. The molecule has 4 nitrogen and oxygen atoms in total. The van der Waals surface area contributed by atoms with Gasteiger partial charge in [0.25, 0.3) is 0 Å². The molecule has 1 N–H and O–H groups in total. The van der Waals surface area contributed by atoms with Gasteiger partial charge in [0.15, 0.2) is 0 Å². The van der Waals surface area contributed by atoms with Crippen LogP contribution in [0.4, 0.5) is 0 Å². The van der Waals surface area contributed by atoms with Crippen LogP contribution in [-0.4, -0.2) is 20.6 Å². The minimum atomic E-state index is -0.945. The fraction of sp³-hybridized carbons (Fsp3) is 0.143. The smallest absolute Gasteiger partial charge is 0.328 e. The summed E-state index contributed by atoms with van der Waals surface area (Å²) in [6.07, 6.45) is 6.19. The van der Waals surface area contributed by atoms with Gasteiger partial charge in [0.2, 0.25) is 0 Å². The van der Waals surface area contributed by atoms with E-state index in [1.807, 2.05) is 36.7 Å². The Bertz CT molecular complexity index is 651. The largest absolute Gasteiger partial charge is 0.478 e. The number of rotatable bonds is 3. The van der Waals surface area contributed by atoms with Crippen molar-refractivity contribution >= 4 is 22.6 Å². The molecule has 0 radical (unpaired) electrons. The fourth-order valence-electron chi connectivity index (χ4n) is 1.75. The van der Waals surface area contributed by atoms with Gasteiger partial charge in [-0.25, -0.2) is 9.78 Å². The van der Waals surface area contributed by atoms with Gasteiger partial charge in [-0.2, -0.15) is 0 Å². The summed E-state index contributed by atoms with van der Waals surface area (Å²) in [5.41, 5.74) is 4.05. The average Bonchev–Trinajstić information content (AvgIpc) is 2.70. The number of fused-ring (bicyclic) bond motifs is 1. The SMILES string of the molecule is C/C(=C\C=C\C(=O)O)c1ccc2c(c1)ncn2C. The van der Waals surface area contributed by atoms with E-state index in [9.17, 15) is 4.79 Å². The van der Waals surface area contributed by atoms with Gasteiger partial charge >= 0.3 is 5.97 Å². The summed E-state index contributed by atoms with van der Waals surface area (Å²) in [5, 5.41) is 8.51. The van der Waals surface area contributed by atoms with Crippen LogP contribution in [0.1, 0.15) is 12.5 Å². The monoisotopic (exact) mass is 242 g/mol. The van der Waals surface area contributed by atoms with E-state index >= 15 is 0 Å². The highest BCUT2D eigenvalue weighted by Crippen LogP contribution is 2.19. The topological polar surface area (TPSA) is 55.1 Å². The number of imidazole rings is 1. The molecule has 0 aliphatic heterocycles. The minimum Gasteiger partial charge on any atom is -0.478 e. The highest BCUT2D eigenvalue weighted by Gasteiger charge is 2.01. The van der Waals surface area contributed by atoms with Crippen molar-refractivity contribution in [2.45, 2.75) is 6.92 Å². The first-order valence-corrected chi connectivity index (χ1v) is 5.57. The van der Waals surface area contributed by atoms with Gasteiger partial charge < -0.3 is 9.67 Å². The van der Waals surface area contributed by atoms with Crippen LogP contribution >= 0.6 is 0 Å². The number of benzene rings is 1. The van der Waals surface area contributed by atoms with Crippen molar-refractivity contribution in [3.8, 4) is 0 Å². The van der Waals surface area contributed by atoms with Crippen molar-refractivity contribution in [1.29, 1.82) is 0 Å². The molecule has 2 aromatic rings. The summed E-state index contributed by atoms with van der Waals surface area (Å²) in [7, 11) is 1.95. The van der Waals surface area contributed by atoms with E-state index in [1.54, 1.807) is 12.4 Å². The van der Waals surface area contributed by atoms with E-state index < -0.39 is 5.97 Å². The van der Waals surface area contributed by atoms with Crippen LogP contribution in [0.3, 0.4) is 0 Å². The molecular weight excluding hydrogens is 228 g/mol. The third-order valence-electron chi connectivity index (χ3n) is 2.77. The lowest BCUT2D eigenvalue weighted by atomic mass is 10.1. The maximum absolute atomic E-state index is 10.4. The zero-order chi connectivity index (χ0) is 13.1. The minimum absolute atomic E-state index is 0.935. The van der Waals surface area contributed by atoms with Crippen molar-refractivity contribution in [2.75, 3.05) is 0 Å². The second-order valence-electron chi connectivity index (χ2n) is 4.11. The number of hydrogen-bond donors (Lipinski definition) is 1. The molecule has 1 heterocycles. The summed E-state index contributed by atoms with van der Waals surface area (Å²) in [6, 6.07) is 6.01. The summed E-state index contributed by atoms with van der Waals surface area (Å²) in [6.45, 7) is 1.94. The average molecular weight is 242 g/mol. The Morgan fingerprint density at radius 1 is 1.44 bits per heavy atom. The van der Waals surface area contributed by atoms with Gasteiger partial charge in [-0.05, 0) is 30.2 Å². The summed E-state index contributed by atoms with van der Waals surface area (Å²) in [4.78, 5) is 14.7. The standard InChI is InChI=1S/C14H14N2O2/c1-10(4-3-5-14(17)18)11-6-7-13-12(8-11)15-9-16(13)2/h3-9H,1-2H3,(H,17,18)/b5-3+,10-4+. The van der Waals surface area contributed by atoms with Crippen LogP contribution in [0.2, 0.25) is 0 Å². The molecule has 0 aliphatic rings. The zero-order valence-electron chi connectivity index (χ0n) is 10.3. The molecule has 0 unspecified atom stereocenters. The van der Waals surface area contributed by atoms with E-state index in [1.165, 1.54) is 6.08 Å². The van der Waals surface area contributed by atoms with E-state index in [4.69, 9.17) is 5.11 Å². The van der Waals surface area contributed by atoms with Gasteiger partial charge in [0.1, 0.15) is 0 Å². The van der Waals surface area contributed by atoms with Gasteiger partial charge in [-0.15, -0.1) is 0 Å². The molecule has 0 aliphatic carbocycles. The number of carboxylic acids is 1. The normalized spacial score (nSPS) is 12.4. The number of carbonyl (C=O) groups is 1. The number of nitrogens with zero attached hydrogens (tertiary/aromatic N) is 2. The predicted molar refractivity (Wildman–Crippen MR) is 71.1 cm³/mol. The maximum Gasteiger partial charge on any atom is 0.328 e. The van der Waals surface area contributed by atoms with E-state index in [0.29, 0.717) is 0 Å². The first-order valence-electron chi connectivity index (χ1n) is 5.57. The fourth-order valence-corrected chi connectivity index (χ4v) is 1.75. The first-order chi connectivity index (χ1) is 8.58. The van der Waals surface area contributed by atoms with E-state index in [0.717, 1.165) is 28.2 Å². The molecular formula is C14H14N2O2. The lowest BCUT2D eigenvalue weighted by molar-refractivity contribution is -0.131. The van der Waals surface area contributed by atoms with Crippen molar-refractivity contribution in [1.82, 2.24) is 9.55 Å². The molecule has 2 rings (SSSR count). The Morgan fingerprint density at radius 3 is 2.94 bits per heavy atom. The second kappa shape index (κ2) is 4.87. The molecule has 0 bridgehead atoms. The Labute approximate surface area is 105 Å². The van der Waals surface area contributed by atoms with Gasteiger partial charge in [-0.1, -0.05) is 18.2 Å². The number of carboxylic acid groups (broad SMARTS) is 1. The maximum atomic E-state index is 10.4. The Kier molecular flexibility index (Phi) is 3.28. The van der Waals surface area contributed by atoms with Crippen molar-refractivity contribution in [3.05, 3.63) is 48.3 Å². The lowest BCUT2D eigenvalue weighted by Gasteiger charge is -2.01. The number of aryl methyl sites for hydroxylation is 1. The van der Waals surface area contributed by atoms with E-state index in [2.05, 4.69) is 4.98 Å². The van der Waals surface area contributed by atoms with Crippen LogP contribution in [0, 0.1) is 0 Å². The number of hydrogen-bond acceptors (Lipinski definition) is 2. The number of allylic oxidation sites excluding steroid dienone is 3. The second-order valence-corrected chi connectivity index (χ2v) is 4.11. The quantitative estimate of drug-likeness (QED) is 0.665. The zero-order valence-corrected chi connectivity index (χ0v) is 10.3. The van der Waals surface area contributed by atoms with Crippen LogP contribution in [0.5, 0.6) is 0 Å². The third-order valence-corrected chi connectivity index (χ3v) is 2.77. The van der Waals surface area contributed by atoms with Crippen molar-refractivity contribution < 1.29 is 9.90 Å². The highest BCUT2D eigenvalue weighted by atomic mass is 16.4. The van der Waals surface area contributed by atoms with Crippen LogP contribution in [-0.2, 0) is 11.8 Å². The highest BCUT2D eigenvalue weighted by molar-refractivity contribution is 5.82. The summed E-state index contributed by atoms with van der Waals surface area (Å²) < 4.78 is 1.96. The molecule has 92 valence electrons. The lowest BCUT2D eigenvalue weighted by Crippen LogP contribution is -1.86. The first kappa shape index (κ1) is 12.1. The van der Waals surface area contributed by atoms with Gasteiger partial charge in [0, 0.05) is 13.1 Å². The summed E-state index contributed by atoms with van der Waals surface area (Å²) >= 11 is 0. The van der Waals surface area contributed by atoms with Gasteiger partial charge in [-0.3, -0.25) is 0 Å². The Hall–Kier alpha value is -2.36. The van der Waals surface area contributed by atoms with Gasteiger partial charge in [0.05, 0.1) is 17.4 Å². The molecule has 18 heavy (non-hydrogen) atoms. The predicted octanol–water partition coefficient (Wildman–Crippen LogP) is 2.62. The summed E-state index contributed by atoms with van der Waals surface area (Å²) in [5.74, 6) is -0.945. The Morgan fingerprint density at radius 2 is 2.22 bits per heavy atom. The van der Waals surface area contributed by atoms with Crippen molar-refractivity contribution in [3.63, 3.8) is 0 Å². The molecule has 1 aromatic carbocycles. The van der Waals surface area contributed by atoms with Crippen LogP contribution in [0.15, 0.2) is 42.8 Å². The van der Waals surface area contributed by atoms with Crippen LogP contribution in [0.25, 0.3) is 16.6 Å². The molecule has 0 amide bonds. The molecule has 0 spiro atoms. The number of aliphatic carboxylic acids is 1. The molecule has 0 atom stereocenters. The van der Waals surface area contributed by atoms with Crippen molar-refractivity contribution in [2.24, 2.45) is 7.05 Å². The molecule has 0 saturated heterocycles.